The Kier molecular flexibility index (Phi) is 13.0. The minimum atomic E-state index is -1.58. The van der Waals surface area contributed by atoms with Gasteiger partial charge in [0.25, 0.3) is 0 Å². The van der Waals surface area contributed by atoms with Crippen molar-refractivity contribution in [2.45, 2.75) is 98.0 Å². The SMILES string of the molecule is CCC(C)CC(=O)OC(C)C[C@@](N)(Cc1ccc(OC(=O)OC(C)C)c(OC(=O)OC(C)C)c1)C(=O)OC. The van der Waals surface area contributed by atoms with Crippen molar-refractivity contribution in [2.75, 3.05) is 7.11 Å². The van der Waals surface area contributed by atoms with E-state index in [2.05, 4.69) is 0 Å². The van der Waals surface area contributed by atoms with Crippen molar-refractivity contribution in [3.63, 3.8) is 0 Å². The summed E-state index contributed by atoms with van der Waals surface area (Å²) in [5.74, 6) is -1.18. The Hall–Kier alpha value is -3.34. The number of carbonyl (C=O) groups excluding carboxylic acids is 4. The number of esters is 2. The number of benzene rings is 1. The molecule has 11 heteroatoms. The molecule has 0 amide bonds. The van der Waals surface area contributed by atoms with Crippen molar-refractivity contribution in [1.82, 2.24) is 0 Å². The van der Waals surface area contributed by atoms with Crippen LogP contribution in [0, 0.1) is 5.92 Å². The fourth-order valence-corrected chi connectivity index (χ4v) is 3.49. The van der Waals surface area contributed by atoms with Gasteiger partial charge in [-0.2, -0.15) is 0 Å². The van der Waals surface area contributed by atoms with Crippen LogP contribution in [0.5, 0.6) is 11.5 Å². The molecule has 0 fully saturated rings. The lowest BCUT2D eigenvalue weighted by Crippen LogP contribution is -2.53. The van der Waals surface area contributed by atoms with Gasteiger partial charge in [0, 0.05) is 19.3 Å². The van der Waals surface area contributed by atoms with E-state index in [1.54, 1.807) is 40.7 Å². The van der Waals surface area contributed by atoms with Gasteiger partial charge in [-0.15, -0.1) is 0 Å². The molecule has 0 bridgehead atoms. The van der Waals surface area contributed by atoms with Crippen LogP contribution in [-0.4, -0.2) is 55.2 Å². The van der Waals surface area contributed by atoms with Gasteiger partial charge in [0.1, 0.15) is 11.6 Å². The van der Waals surface area contributed by atoms with Gasteiger partial charge in [-0.05, 0) is 58.2 Å². The van der Waals surface area contributed by atoms with Gasteiger partial charge < -0.3 is 34.2 Å². The molecule has 38 heavy (non-hydrogen) atoms. The summed E-state index contributed by atoms with van der Waals surface area (Å²) in [4.78, 5) is 49.1. The average molecular weight is 540 g/mol. The van der Waals surface area contributed by atoms with Crippen LogP contribution < -0.4 is 15.2 Å². The number of ether oxygens (including phenoxy) is 6. The van der Waals surface area contributed by atoms with Crippen molar-refractivity contribution >= 4 is 24.2 Å². The van der Waals surface area contributed by atoms with Crippen LogP contribution in [0.1, 0.15) is 73.3 Å². The normalized spacial score (nSPS) is 14.2. The highest BCUT2D eigenvalue weighted by atomic mass is 16.7. The first-order valence-corrected chi connectivity index (χ1v) is 12.7. The molecule has 2 N–H and O–H groups in total. The maximum absolute atomic E-state index is 12.7. The number of hydrogen-bond acceptors (Lipinski definition) is 11. The van der Waals surface area contributed by atoms with E-state index in [4.69, 9.17) is 34.2 Å². The summed E-state index contributed by atoms with van der Waals surface area (Å²) in [7, 11) is 1.21. The van der Waals surface area contributed by atoms with Gasteiger partial charge in [-0.1, -0.05) is 26.3 Å². The fourth-order valence-electron chi connectivity index (χ4n) is 3.49. The fraction of sp³-hybridized carbons (Fsp3) is 0.630. The zero-order chi connectivity index (χ0) is 29.0. The molecular weight excluding hydrogens is 498 g/mol. The Morgan fingerprint density at radius 1 is 0.868 bits per heavy atom. The monoisotopic (exact) mass is 539 g/mol. The van der Waals surface area contributed by atoms with Crippen molar-refractivity contribution in [3.05, 3.63) is 23.8 Å². The smallest absolute Gasteiger partial charge is 0.468 e. The Morgan fingerprint density at radius 3 is 1.92 bits per heavy atom. The van der Waals surface area contributed by atoms with Gasteiger partial charge in [-0.25, -0.2) is 9.59 Å². The molecule has 0 aliphatic rings. The van der Waals surface area contributed by atoms with Crippen LogP contribution in [0.25, 0.3) is 0 Å². The summed E-state index contributed by atoms with van der Waals surface area (Å²) >= 11 is 0. The Bertz CT molecular complexity index is 961. The van der Waals surface area contributed by atoms with Crippen molar-refractivity contribution in [1.29, 1.82) is 0 Å². The maximum atomic E-state index is 12.7. The molecule has 1 aromatic rings. The zero-order valence-electron chi connectivity index (χ0n) is 23.5. The van der Waals surface area contributed by atoms with Gasteiger partial charge in [0.05, 0.1) is 19.3 Å². The van der Waals surface area contributed by atoms with Gasteiger partial charge in [0.15, 0.2) is 11.5 Å². The molecule has 1 rings (SSSR count). The molecule has 0 radical (unpaired) electrons. The van der Waals surface area contributed by atoms with E-state index < -0.39 is 42.1 Å². The van der Waals surface area contributed by atoms with E-state index in [9.17, 15) is 19.2 Å². The second kappa shape index (κ2) is 15.2. The van der Waals surface area contributed by atoms with E-state index in [1.807, 2.05) is 13.8 Å². The molecule has 0 saturated heterocycles. The third-order valence-electron chi connectivity index (χ3n) is 5.37. The predicted octanol–water partition coefficient (Wildman–Crippen LogP) is 4.71. The number of rotatable bonds is 13. The molecule has 0 heterocycles. The average Bonchev–Trinajstić information content (AvgIpc) is 2.78. The summed E-state index contributed by atoms with van der Waals surface area (Å²) < 4.78 is 30.9. The molecule has 0 saturated carbocycles. The van der Waals surface area contributed by atoms with Crippen molar-refractivity contribution in [3.8, 4) is 11.5 Å². The Balaban J connectivity index is 3.21. The quantitative estimate of drug-likeness (QED) is 0.211. The van der Waals surface area contributed by atoms with Gasteiger partial charge in [0.2, 0.25) is 0 Å². The standard InChI is InChI=1S/C27H41NO10/c1-9-18(6)12-23(29)36-19(7)14-27(28,24(30)33-8)15-20-10-11-21(37-25(31)34-16(2)3)22(13-20)38-26(32)35-17(4)5/h10-11,13,16-19H,9,12,14-15,28H2,1-8H3/t18?,19?,27-/m1/s1. The largest absolute Gasteiger partial charge is 0.514 e. The number of methoxy groups -OCH3 is 1. The van der Waals surface area contributed by atoms with Crippen LogP contribution in [0.4, 0.5) is 9.59 Å². The van der Waals surface area contributed by atoms with Crippen molar-refractivity contribution in [2.24, 2.45) is 11.7 Å². The number of nitrogens with two attached hydrogens (primary N) is 1. The second-order valence-corrected chi connectivity index (χ2v) is 9.87. The first-order chi connectivity index (χ1) is 17.7. The van der Waals surface area contributed by atoms with Crippen LogP contribution in [0.2, 0.25) is 0 Å². The summed E-state index contributed by atoms with van der Waals surface area (Å²) in [6, 6.07) is 4.31. The molecule has 1 aromatic carbocycles. The van der Waals surface area contributed by atoms with E-state index in [1.165, 1.54) is 19.2 Å². The van der Waals surface area contributed by atoms with Crippen LogP contribution in [-0.2, 0) is 35.0 Å². The van der Waals surface area contributed by atoms with Crippen molar-refractivity contribution < 1.29 is 47.6 Å². The third-order valence-corrected chi connectivity index (χ3v) is 5.37. The third kappa shape index (κ3) is 11.4. The summed E-state index contributed by atoms with van der Waals surface area (Å²) in [6.07, 6.45) is -2.60. The van der Waals surface area contributed by atoms with E-state index >= 15 is 0 Å². The highest BCUT2D eigenvalue weighted by molar-refractivity contribution is 5.81. The lowest BCUT2D eigenvalue weighted by molar-refractivity contribution is -0.155. The Morgan fingerprint density at radius 2 is 1.42 bits per heavy atom. The summed E-state index contributed by atoms with van der Waals surface area (Å²) in [5.41, 5.74) is 5.34. The maximum Gasteiger partial charge on any atom is 0.514 e. The van der Waals surface area contributed by atoms with Crippen LogP contribution in [0.15, 0.2) is 18.2 Å². The van der Waals surface area contributed by atoms with Gasteiger partial charge >= 0.3 is 24.2 Å². The molecule has 0 aliphatic heterocycles. The Labute approximate surface area is 224 Å². The zero-order valence-corrected chi connectivity index (χ0v) is 23.5. The lowest BCUT2D eigenvalue weighted by atomic mass is 9.86. The molecule has 214 valence electrons. The highest BCUT2D eigenvalue weighted by Crippen LogP contribution is 2.32. The minimum Gasteiger partial charge on any atom is -0.468 e. The van der Waals surface area contributed by atoms with E-state index in [0.29, 0.717) is 5.56 Å². The molecule has 11 nitrogen and oxygen atoms in total. The molecule has 0 spiro atoms. The minimum absolute atomic E-state index is 0.0313. The number of hydrogen-bond donors (Lipinski definition) is 1. The topological polar surface area (TPSA) is 150 Å². The molecule has 2 unspecified atom stereocenters. The van der Waals surface area contributed by atoms with Crippen LogP contribution in [0.3, 0.4) is 0 Å². The second-order valence-electron chi connectivity index (χ2n) is 9.87. The first kappa shape index (κ1) is 32.7. The highest BCUT2D eigenvalue weighted by Gasteiger charge is 2.38. The van der Waals surface area contributed by atoms with Crippen LogP contribution >= 0.6 is 0 Å². The molecule has 0 aliphatic carbocycles. The summed E-state index contributed by atoms with van der Waals surface area (Å²) in [5, 5.41) is 0. The number of carbonyl (C=O) groups is 4. The molecule has 3 atom stereocenters. The van der Waals surface area contributed by atoms with Gasteiger partial charge in [-0.3, -0.25) is 9.59 Å². The summed E-state index contributed by atoms with van der Waals surface area (Å²) in [6.45, 7) is 12.2. The van der Waals surface area contributed by atoms with E-state index in [-0.39, 0.29) is 42.6 Å². The predicted molar refractivity (Wildman–Crippen MR) is 138 cm³/mol. The molecular formula is C27H41NO10. The van der Waals surface area contributed by atoms with E-state index in [0.717, 1.165) is 6.42 Å². The lowest BCUT2D eigenvalue weighted by Gasteiger charge is -2.29. The molecule has 0 aromatic heterocycles. The first-order valence-electron chi connectivity index (χ1n) is 12.7.